The Balaban J connectivity index is 1.99. The van der Waals surface area contributed by atoms with E-state index in [2.05, 4.69) is 101 Å². The summed E-state index contributed by atoms with van der Waals surface area (Å²) in [6.45, 7) is 21.7. The highest BCUT2D eigenvalue weighted by atomic mass is 28.4. The van der Waals surface area contributed by atoms with E-state index in [1.165, 1.54) is 33.0 Å². The summed E-state index contributed by atoms with van der Waals surface area (Å²) in [4.78, 5) is 0. The molecule has 0 N–H and O–H groups in total. The highest BCUT2D eigenvalue weighted by Gasteiger charge is 2.30. The summed E-state index contributed by atoms with van der Waals surface area (Å²) in [5, 5.41) is 2.52. The number of rotatable bonds is 6. The van der Waals surface area contributed by atoms with Gasteiger partial charge in [-0.05, 0) is 73.3 Å². The van der Waals surface area contributed by atoms with Crippen LogP contribution >= 0.6 is 0 Å². The molecule has 1 aliphatic rings. The Kier molecular flexibility index (Phi) is 4.83. The molecular formula is C26H30O2Si2. The minimum atomic E-state index is -1.78. The van der Waals surface area contributed by atoms with Gasteiger partial charge in [-0.3, -0.25) is 0 Å². The van der Waals surface area contributed by atoms with Crippen molar-refractivity contribution in [3.05, 3.63) is 72.8 Å². The lowest BCUT2D eigenvalue weighted by molar-refractivity contribution is 0.514. The zero-order chi connectivity index (χ0) is 21.8. The number of benzene rings is 3. The molecule has 0 atom stereocenters. The third kappa shape index (κ3) is 3.66. The third-order valence-corrected chi connectivity index (χ3v) is 6.83. The van der Waals surface area contributed by atoms with Gasteiger partial charge in [0.15, 0.2) is 0 Å². The van der Waals surface area contributed by atoms with Crippen LogP contribution in [0.4, 0.5) is 0 Å². The maximum Gasteiger partial charge on any atom is 0.242 e. The number of hydrogen-bond donors (Lipinski definition) is 0. The summed E-state index contributed by atoms with van der Waals surface area (Å²) in [6.07, 6.45) is 0. The molecule has 154 valence electrons. The molecule has 0 bridgehead atoms. The van der Waals surface area contributed by atoms with Crippen molar-refractivity contribution in [2.75, 3.05) is 0 Å². The van der Waals surface area contributed by atoms with Crippen LogP contribution in [0.3, 0.4) is 0 Å². The largest absolute Gasteiger partial charge is 0.544 e. The standard InChI is InChI=1S/C26H30O2Si2/c1-17(27-29(3,4)5)20-15-16-21(18(2)28-30(6,7)8)26-23-14-10-12-19-11-9-13-22(24(19)23)25(20)26/h9-16H,1-2H2,3-8H3. The van der Waals surface area contributed by atoms with Crippen LogP contribution < -0.4 is 0 Å². The molecule has 0 fully saturated rings. The lowest BCUT2D eigenvalue weighted by Crippen LogP contribution is -2.24. The second-order valence-corrected chi connectivity index (χ2v) is 18.8. The van der Waals surface area contributed by atoms with E-state index in [9.17, 15) is 0 Å². The molecule has 0 saturated heterocycles. The van der Waals surface area contributed by atoms with Crippen LogP contribution in [0.2, 0.25) is 39.3 Å². The fourth-order valence-corrected chi connectivity index (χ4v) is 5.93. The topological polar surface area (TPSA) is 18.5 Å². The van der Waals surface area contributed by atoms with Crippen LogP contribution in [0.25, 0.3) is 44.5 Å². The van der Waals surface area contributed by atoms with E-state index in [1.54, 1.807) is 0 Å². The molecule has 30 heavy (non-hydrogen) atoms. The zero-order valence-corrected chi connectivity index (χ0v) is 20.8. The molecule has 0 heterocycles. The van der Waals surface area contributed by atoms with E-state index in [0.29, 0.717) is 0 Å². The number of hydrogen-bond acceptors (Lipinski definition) is 2. The molecule has 0 radical (unpaired) electrons. The van der Waals surface area contributed by atoms with Crippen LogP contribution in [-0.4, -0.2) is 16.6 Å². The first-order valence-corrected chi connectivity index (χ1v) is 17.2. The number of fused-ring (bicyclic) bond motifs is 3. The van der Waals surface area contributed by atoms with Crippen molar-refractivity contribution in [3.63, 3.8) is 0 Å². The van der Waals surface area contributed by atoms with Gasteiger partial charge in [-0.1, -0.05) is 49.6 Å². The molecule has 3 aromatic carbocycles. The van der Waals surface area contributed by atoms with E-state index in [-0.39, 0.29) is 0 Å². The Bertz CT molecular complexity index is 1100. The van der Waals surface area contributed by atoms with Gasteiger partial charge in [-0.2, -0.15) is 0 Å². The predicted octanol–water partition coefficient (Wildman–Crippen LogP) is 8.13. The van der Waals surface area contributed by atoms with Crippen molar-refractivity contribution in [2.24, 2.45) is 0 Å². The Morgan fingerprint density at radius 1 is 0.633 bits per heavy atom. The Hall–Kier alpha value is -2.57. The molecule has 0 saturated carbocycles. The van der Waals surface area contributed by atoms with Crippen LogP contribution in [0.5, 0.6) is 0 Å². The van der Waals surface area contributed by atoms with Crippen LogP contribution in [0, 0.1) is 0 Å². The van der Waals surface area contributed by atoms with E-state index in [1.807, 2.05) is 0 Å². The highest BCUT2D eigenvalue weighted by Crippen LogP contribution is 2.52. The smallest absolute Gasteiger partial charge is 0.242 e. The minimum absolute atomic E-state index is 0.749. The van der Waals surface area contributed by atoms with Gasteiger partial charge in [-0.25, -0.2) is 0 Å². The lowest BCUT2D eigenvalue weighted by Gasteiger charge is -2.25. The van der Waals surface area contributed by atoms with Gasteiger partial charge in [0.25, 0.3) is 0 Å². The van der Waals surface area contributed by atoms with Gasteiger partial charge < -0.3 is 8.85 Å². The molecule has 3 aromatic rings. The van der Waals surface area contributed by atoms with Crippen molar-refractivity contribution in [1.29, 1.82) is 0 Å². The van der Waals surface area contributed by atoms with E-state index >= 15 is 0 Å². The highest BCUT2D eigenvalue weighted by molar-refractivity contribution is 6.71. The average Bonchev–Trinajstić information content (AvgIpc) is 2.95. The summed E-state index contributed by atoms with van der Waals surface area (Å²) >= 11 is 0. The average molecular weight is 431 g/mol. The van der Waals surface area contributed by atoms with Gasteiger partial charge in [0, 0.05) is 22.3 Å². The summed E-state index contributed by atoms with van der Waals surface area (Å²) in [6, 6.07) is 17.3. The third-order valence-electron chi connectivity index (χ3n) is 5.11. The second kappa shape index (κ2) is 7.00. The van der Waals surface area contributed by atoms with Crippen molar-refractivity contribution in [1.82, 2.24) is 0 Å². The molecule has 2 nitrogen and oxygen atoms in total. The van der Waals surface area contributed by atoms with Gasteiger partial charge >= 0.3 is 0 Å². The first-order valence-electron chi connectivity index (χ1n) is 10.4. The molecule has 4 rings (SSSR count). The van der Waals surface area contributed by atoms with Gasteiger partial charge in [0.05, 0.1) is 0 Å². The van der Waals surface area contributed by atoms with Crippen molar-refractivity contribution in [2.45, 2.75) is 39.3 Å². The Morgan fingerprint density at radius 2 is 1.03 bits per heavy atom. The van der Waals surface area contributed by atoms with Crippen LogP contribution in [-0.2, 0) is 8.85 Å². The summed E-state index contributed by atoms with van der Waals surface area (Å²) in [7, 11) is -3.56. The Morgan fingerprint density at radius 3 is 1.40 bits per heavy atom. The monoisotopic (exact) mass is 430 g/mol. The zero-order valence-electron chi connectivity index (χ0n) is 18.8. The minimum Gasteiger partial charge on any atom is -0.544 e. The fourth-order valence-electron chi connectivity index (χ4n) is 4.23. The van der Waals surface area contributed by atoms with E-state index in [0.717, 1.165) is 22.6 Å². The SMILES string of the molecule is C=C(O[Si](C)(C)C)c1ccc(C(=C)O[Si](C)(C)C)c2c1-c1cccc3cccc-2c13. The van der Waals surface area contributed by atoms with Gasteiger partial charge in [0.2, 0.25) is 16.6 Å². The normalized spacial score (nSPS) is 12.6. The summed E-state index contributed by atoms with van der Waals surface area (Å²) < 4.78 is 12.6. The quantitative estimate of drug-likeness (QED) is 0.227. The molecule has 0 aliphatic heterocycles. The van der Waals surface area contributed by atoms with Crippen molar-refractivity contribution >= 4 is 38.9 Å². The molecule has 0 unspecified atom stereocenters. The van der Waals surface area contributed by atoms with E-state index < -0.39 is 16.6 Å². The van der Waals surface area contributed by atoms with Gasteiger partial charge in [-0.15, -0.1) is 0 Å². The molecule has 0 spiro atoms. The summed E-state index contributed by atoms with van der Waals surface area (Å²) in [5.41, 5.74) is 6.94. The van der Waals surface area contributed by atoms with Gasteiger partial charge in [0.1, 0.15) is 11.5 Å². The maximum atomic E-state index is 6.32. The molecule has 1 aliphatic carbocycles. The van der Waals surface area contributed by atoms with Crippen molar-refractivity contribution in [3.8, 4) is 22.3 Å². The van der Waals surface area contributed by atoms with Crippen LogP contribution in [0.1, 0.15) is 11.1 Å². The first kappa shape index (κ1) is 20.7. The molecule has 0 amide bonds. The maximum absolute atomic E-state index is 6.32. The van der Waals surface area contributed by atoms with E-state index in [4.69, 9.17) is 8.85 Å². The summed E-state index contributed by atoms with van der Waals surface area (Å²) in [5.74, 6) is 1.50. The first-order chi connectivity index (χ1) is 14.0. The fraction of sp³-hybridized carbons (Fsp3) is 0.231. The van der Waals surface area contributed by atoms with Crippen LogP contribution in [0.15, 0.2) is 61.7 Å². The molecular weight excluding hydrogens is 400 g/mol. The predicted molar refractivity (Wildman–Crippen MR) is 135 cm³/mol. The Labute approximate surface area is 182 Å². The van der Waals surface area contributed by atoms with Crippen molar-refractivity contribution < 1.29 is 8.85 Å². The molecule has 4 heteroatoms. The molecule has 0 aromatic heterocycles. The lowest BCUT2D eigenvalue weighted by atomic mass is 9.92. The second-order valence-electron chi connectivity index (χ2n) is 9.90.